The molecule has 0 aromatic heterocycles. The molecular formula is C10H16N2O3. The van der Waals surface area contributed by atoms with Crippen molar-refractivity contribution in [1.29, 1.82) is 5.26 Å². The van der Waals surface area contributed by atoms with Crippen LogP contribution in [0.4, 0.5) is 0 Å². The molecule has 0 radical (unpaired) electrons. The Kier molecular flexibility index (Phi) is 5.08. The van der Waals surface area contributed by atoms with Crippen molar-refractivity contribution in [2.24, 2.45) is 5.92 Å². The van der Waals surface area contributed by atoms with E-state index in [-0.39, 0.29) is 12.0 Å². The summed E-state index contributed by atoms with van der Waals surface area (Å²) < 4.78 is 10.5. The van der Waals surface area contributed by atoms with Crippen LogP contribution in [0, 0.1) is 17.2 Å². The molecule has 1 heterocycles. The third kappa shape index (κ3) is 3.86. The lowest BCUT2D eigenvalue weighted by Crippen LogP contribution is -2.41. The number of ether oxygens (including phenoxy) is 2. The van der Waals surface area contributed by atoms with Crippen LogP contribution in [0.3, 0.4) is 0 Å². The Labute approximate surface area is 89.3 Å². The zero-order valence-corrected chi connectivity index (χ0v) is 8.86. The lowest BCUT2D eigenvalue weighted by Gasteiger charge is -2.23. The molecule has 2 atom stereocenters. The highest BCUT2D eigenvalue weighted by Gasteiger charge is 2.19. The molecule has 1 fully saturated rings. The van der Waals surface area contributed by atoms with Gasteiger partial charge in [0, 0.05) is 6.54 Å². The Balaban J connectivity index is 2.23. The van der Waals surface area contributed by atoms with Crippen LogP contribution in [0.1, 0.15) is 13.3 Å². The third-order valence-electron chi connectivity index (χ3n) is 2.27. The lowest BCUT2D eigenvalue weighted by molar-refractivity contribution is -0.126. The summed E-state index contributed by atoms with van der Waals surface area (Å²) in [6.45, 7) is 3.91. The number of nitriles is 1. The molecule has 1 amide bonds. The van der Waals surface area contributed by atoms with Crippen LogP contribution >= 0.6 is 0 Å². The van der Waals surface area contributed by atoms with Gasteiger partial charge >= 0.3 is 0 Å². The topological polar surface area (TPSA) is 71.4 Å². The fourth-order valence-electron chi connectivity index (χ4n) is 1.33. The molecule has 2 unspecified atom stereocenters. The first kappa shape index (κ1) is 12.0. The molecule has 1 aliphatic heterocycles. The van der Waals surface area contributed by atoms with E-state index in [1.54, 1.807) is 0 Å². The number of hydrogen-bond acceptors (Lipinski definition) is 4. The van der Waals surface area contributed by atoms with Crippen molar-refractivity contribution >= 4 is 5.91 Å². The molecular weight excluding hydrogens is 196 g/mol. The Morgan fingerprint density at radius 3 is 3.00 bits per heavy atom. The molecule has 5 nitrogen and oxygen atoms in total. The van der Waals surface area contributed by atoms with Gasteiger partial charge in [0.1, 0.15) is 5.92 Å². The summed E-state index contributed by atoms with van der Waals surface area (Å²) in [6, 6.07) is 1.96. The minimum atomic E-state index is -0.561. The van der Waals surface area contributed by atoms with E-state index in [4.69, 9.17) is 14.7 Å². The van der Waals surface area contributed by atoms with E-state index in [1.165, 1.54) is 0 Å². The van der Waals surface area contributed by atoms with Crippen LogP contribution in [-0.2, 0) is 14.3 Å². The highest BCUT2D eigenvalue weighted by atomic mass is 16.6. The summed E-state index contributed by atoms with van der Waals surface area (Å²) in [6.07, 6.45) is 0.448. The molecule has 15 heavy (non-hydrogen) atoms. The van der Waals surface area contributed by atoms with Gasteiger partial charge < -0.3 is 14.8 Å². The fraction of sp³-hybridized carbons (Fsp3) is 0.800. The Bertz CT molecular complexity index is 244. The predicted octanol–water partition coefficient (Wildman–Crippen LogP) is 0.0678. The highest BCUT2D eigenvalue weighted by molar-refractivity contribution is 5.80. The molecule has 1 saturated heterocycles. The SMILES string of the molecule is CCC(C#N)C(=O)NCC1COCCO1. The Hall–Kier alpha value is -1.12. The maximum absolute atomic E-state index is 11.4. The zero-order chi connectivity index (χ0) is 11.1. The van der Waals surface area contributed by atoms with Crippen molar-refractivity contribution in [2.75, 3.05) is 26.4 Å². The van der Waals surface area contributed by atoms with Crippen LogP contribution in [0.15, 0.2) is 0 Å². The summed E-state index contributed by atoms with van der Waals surface area (Å²) >= 11 is 0. The van der Waals surface area contributed by atoms with Crippen LogP contribution < -0.4 is 5.32 Å². The molecule has 0 saturated carbocycles. The molecule has 0 bridgehead atoms. The summed E-state index contributed by atoms with van der Waals surface area (Å²) in [4.78, 5) is 11.4. The number of nitrogens with one attached hydrogen (secondary N) is 1. The van der Waals surface area contributed by atoms with Crippen LogP contribution in [0.25, 0.3) is 0 Å². The number of amides is 1. The van der Waals surface area contributed by atoms with E-state index >= 15 is 0 Å². The Morgan fingerprint density at radius 1 is 1.67 bits per heavy atom. The van der Waals surface area contributed by atoms with Gasteiger partial charge in [-0.2, -0.15) is 5.26 Å². The van der Waals surface area contributed by atoms with Gasteiger partial charge in [-0.25, -0.2) is 0 Å². The first-order valence-electron chi connectivity index (χ1n) is 5.14. The molecule has 0 aliphatic carbocycles. The van der Waals surface area contributed by atoms with E-state index in [2.05, 4.69) is 5.32 Å². The van der Waals surface area contributed by atoms with Crippen molar-refractivity contribution in [1.82, 2.24) is 5.32 Å². The first-order valence-corrected chi connectivity index (χ1v) is 5.14. The van der Waals surface area contributed by atoms with E-state index in [9.17, 15) is 4.79 Å². The van der Waals surface area contributed by atoms with E-state index in [0.29, 0.717) is 32.8 Å². The second kappa shape index (κ2) is 6.38. The summed E-state index contributed by atoms with van der Waals surface area (Å²) in [5.74, 6) is -0.788. The second-order valence-electron chi connectivity index (χ2n) is 3.40. The van der Waals surface area contributed by atoms with Gasteiger partial charge in [0.25, 0.3) is 0 Å². The van der Waals surface area contributed by atoms with E-state index in [0.717, 1.165) is 0 Å². The standard InChI is InChI=1S/C10H16N2O3/c1-2-8(5-11)10(13)12-6-9-7-14-3-4-15-9/h8-9H,2-4,6-7H2,1H3,(H,12,13). The molecule has 84 valence electrons. The molecule has 1 rings (SSSR count). The van der Waals surface area contributed by atoms with E-state index < -0.39 is 5.92 Å². The van der Waals surface area contributed by atoms with Crippen molar-refractivity contribution in [3.8, 4) is 6.07 Å². The average Bonchev–Trinajstić information content (AvgIpc) is 2.29. The second-order valence-corrected chi connectivity index (χ2v) is 3.40. The molecule has 1 N–H and O–H groups in total. The highest BCUT2D eigenvalue weighted by Crippen LogP contribution is 2.02. The smallest absolute Gasteiger partial charge is 0.237 e. The van der Waals surface area contributed by atoms with Gasteiger partial charge in [-0.3, -0.25) is 4.79 Å². The maximum atomic E-state index is 11.4. The number of nitrogens with zero attached hydrogens (tertiary/aromatic N) is 1. The lowest BCUT2D eigenvalue weighted by atomic mass is 10.1. The number of carbonyl (C=O) groups is 1. The minimum absolute atomic E-state index is 0.0844. The number of rotatable bonds is 4. The van der Waals surface area contributed by atoms with Gasteiger partial charge in [-0.05, 0) is 6.42 Å². The van der Waals surface area contributed by atoms with Crippen LogP contribution in [-0.4, -0.2) is 38.4 Å². The molecule has 0 aromatic carbocycles. The molecule has 5 heteroatoms. The normalized spacial score (nSPS) is 22.8. The summed E-state index contributed by atoms with van der Waals surface area (Å²) in [7, 11) is 0. The zero-order valence-electron chi connectivity index (χ0n) is 8.86. The quantitative estimate of drug-likeness (QED) is 0.715. The Morgan fingerprint density at radius 2 is 2.47 bits per heavy atom. The predicted molar refractivity (Wildman–Crippen MR) is 53.0 cm³/mol. The summed E-state index contributed by atoms with van der Waals surface area (Å²) in [5, 5.41) is 11.4. The van der Waals surface area contributed by atoms with Crippen molar-refractivity contribution in [3.05, 3.63) is 0 Å². The van der Waals surface area contributed by atoms with Crippen molar-refractivity contribution < 1.29 is 14.3 Å². The first-order chi connectivity index (χ1) is 7.27. The van der Waals surface area contributed by atoms with Crippen LogP contribution in [0.2, 0.25) is 0 Å². The summed E-state index contributed by atoms with van der Waals surface area (Å²) in [5.41, 5.74) is 0. The van der Waals surface area contributed by atoms with E-state index in [1.807, 2.05) is 13.0 Å². The van der Waals surface area contributed by atoms with Gasteiger partial charge in [-0.15, -0.1) is 0 Å². The van der Waals surface area contributed by atoms with Gasteiger partial charge in [0.05, 0.1) is 32.0 Å². The monoisotopic (exact) mass is 212 g/mol. The minimum Gasteiger partial charge on any atom is -0.376 e. The molecule has 0 aromatic rings. The van der Waals surface area contributed by atoms with Crippen LogP contribution in [0.5, 0.6) is 0 Å². The fourth-order valence-corrected chi connectivity index (χ4v) is 1.33. The van der Waals surface area contributed by atoms with Gasteiger partial charge in [-0.1, -0.05) is 6.92 Å². The molecule has 0 spiro atoms. The molecule has 1 aliphatic rings. The largest absolute Gasteiger partial charge is 0.376 e. The maximum Gasteiger partial charge on any atom is 0.237 e. The van der Waals surface area contributed by atoms with Gasteiger partial charge in [0.15, 0.2) is 0 Å². The average molecular weight is 212 g/mol. The number of carbonyl (C=O) groups excluding carboxylic acids is 1. The third-order valence-corrected chi connectivity index (χ3v) is 2.27. The number of hydrogen-bond donors (Lipinski definition) is 1. The van der Waals surface area contributed by atoms with Crippen molar-refractivity contribution in [2.45, 2.75) is 19.4 Å². The van der Waals surface area contributed by atoms with Gasteiger partial charge in [0.2, 0.25) is 5.91 Å². The van der Waals surface area contributed by atoms with Crippen molar-refractivity contribution in [3.63, 3.8) is 0 Å².